The second-order valence-electron chi connectivity index (χ2n) is 4.43. The first-order chi connectivity index (χ1) is 8.66. The predicted octanol–water partition coefficient (Wildman–Crippen LogP) is 2.99. The zero-order chi connectivity index (χ0) is 13.0. The maximum Gasteiger partial charge on any atom is 0.337 e. The number of benzene rings is 1. The fourth-order valence-electron chi connectivity index (χ4n) is 2.05. The summed E-state index contributed by atoms with van der Waals surface area (Å²) in [6.45, 7) is 2.40. The van der Waals surface area contributed by atoms with Crippen molar-refractivity contribution in [1.29, 1.82) is 0 Å². The average molecular weight is 314 g/mol. The highest BCUT2D eigenvalue weighted by Crippen LogP contribution is 2.23. The molecule has 1 saturated heterocycles. The van der Waals surface area contributed by atoms with Crippen molar-refractivity contribution < 1.29 is 14.6 Å². The topological polar surface area (TPSA) is 58.6 Å². The highest BCUT2D eigenvalue weighted by Gasteiger charge is 2.15. The van der Waals surface area contributed by atoms with Gasteiger partial charge >= 0.3 is 5.97 Å². The van der Waals surface area contributed by atoms with Crippen molar-refractivity contribution in [1.82, 2.24) is 0 Å². The van der Waals surface area contributed by atoms with Crippen molar-refractivity contribution >= 4 is 27.6 Å². The van der Waals surface area contributed by atoms with Gasteiger partial charge in [-0.2, -0.15) is 0 Å². The van der Waals surface area contributed by atoms with Crippen molar-refractivity contribution in [3.8, 4) is 0 Å². The van der Waals surface area contributed by atoms with Gasteiger partial charge in [0.1, 0.15) is 0 Å². The van der Waals surface area contributed by atoms with Crippen LogP contribution < -0.4 is 5.32 Å². The molecule has 0 bridgehead atoms. The molecule has 0 unspecified atom stereocenters. The van der Waals surface area contributed by atoms with Crippen LogP contribution in [0.3, 0.4) is 0 Å². The lowest BCUT2D eigenvalue weighted by Gasteiger charge is -2.23. The Morgan fingerprint density at radius 2 is 2.17 bits per heavy atom. The standard InChI is InChI=1S/C13H16BrNO3/c14-10-1-2-11(13(16)17)12(7-10)15-8-9-3-5-18-6-4-9/h1-2,7,9,15H,3-6,8H2,(H,16,17). The van der Waals surface area contributed by atoms with Crippen LogP contribution in [0.4, 0.5) is 5.69 Å². The van der Waals surface area contributed by atoms with E-state index in [1.807, 2.05) is 6.07 Å². The number of halogens is 1. The molecule has 1 aromatic carbocycles. The first kappa shape index (κ1) is 13.4. The summed E-state index contributed by atoms with van der Waals surface area (Å²) in [5.41, 5.74) is 0.980. The molecule has 0 saturated carbocycles. The molecule has 5 heteroatoms. The lowest BCUT2D eigenvalue weighted by molar-refractivity contribution is 0.0689. The van der Waals surface area contributed by atoms with E-state index < -0.39 is 5.97 Å². The molecule has 2 N–H and O–H groups in total. The fraction of sp³-hybridized carbons (Fsp3) is 0.462. The van der Waals surface area contributed by atoms with E-state index in [1.165, 1.54) is 0 Å². The summed E-state index contributed by atoms with van der Waals surface area (Å²) in [5, 5.41) is 12.4. The van der Waals surface area contributed by atoms with Gasteiger partial charge in [-0.25, -0.2) is 4.79 Å². The normalized spacial score (nSPS) is 16.5. The van der Waals surface area contributed by atoms with Crippen LogP contribution in [0.15, 0.2) is 22.7 Å². The molecular weight excluding hydrogens is 298 g/mol. The summed E-state index contributed by atoms with van der Waals surface area (Å²) in [6, 6.07) is 5.16. The minimum absolute atomic E-state index is 0.310. The molecule has 1 aliphatic rings. The van der Waals surface area contributed by atoms with Crippen molar-refractivity contribution in [3.05, 3.63) is 28.2 Å². The van der Waals surface area contributed by atoms with Crippen molar-refractivity contribution in [2.24, 2.45) is 5.92 Å². The average Bonchev–Trinajstić information content (AvgIpc) is 2.37. The lowest BCUT2D eigenvalue weighted by Crippen LogP contribution is -2.23. The van der Waals surface area contributed by atoms with E-state index in [2.05, 4.69) is 21.2 Å². The third-order valence-corrected chi connectivity index (χ3v) is 3.63. The van der Waals surface area contributed by atoms with Crippen LogP contribution >= 0.6 is 15.9 Å². The van der Waals surface area contributed by atoms with Crippen LogP contribution in [0.1, 0.15) is 23.2 Å². The number of ether oxygens (including phenoxy) is 1. The van der Waals surface area contributed by atoms with Crippen LogP contribution in [-0.4, -0.2) is 30.8 Å². The number of hydrogen-bond acceptors (Lipinski definition) is 3. The molecule has 1 aromatic rings. The van der Waals surface area contributed by atoms with Crippen molar-refractivity contribution in [2.75, 3.05) is 25.1 Å². The van der Waals surface area contributed by atoms with Gasteiger partial charge in [-0.3, -0.25) is 0 Å². The molecule has 0 atom stereocenters. The second-order valence-corrected chi connectivity index (χ2v) is 5.35. The monoisotopic (exact) mass is 313 g/mol. The fourth-order valence-corrected chi connectivity index (χ4v) is 2.42. The lowest BCUT2D eigenvalue weighted by atomic mass is 10.00. The number of anilines is 1. The highest BCUT2D eigenvalue weighted by molar-refractivity contribution is 9.10. The number of rotatable bonds is 4. The molecule has 1 fully saturated rings. The Morgan fingerprint density at radius 1 is 1.44 bits per heavy atom. The molecule has 1 heterocycles. The summed E-state index contributed by atoms with van der Waals surface area (Å²) < 4.78 is 6.18. The Hall–Kier alpha value is -1.07. The van der Waals surface area contributed by atoms with E-state index >= 15 is 0 Å². The minimum atomic E-state index is -0.906. The number of aromatic carboxylic acids is 1. The smallest absolute Gasteiger partial charge is 0.337 e. The van der Waals surface area contributed by atoms with Gasteiger partial charge in [-0.15, -0.1) is 0 Å². The van der Waals surface area contributed by atoms with Crippen LogP contribution in [0.25, 0.3) is 0 Å². The molecule has 98 valence electrons. The van der Waals surface area contributed by atoms with E-state index in [0.29, 0.717) is 17.2 Å². The first-order valence-corrected chi connectivity index (χ1v) is 6.80. The van der Waals surface area contributed by atoms with Gasteiger partial charge < -0.3 is 15.2 Å². The molecule has 4 nitrogen and oxygen atoms in total. The molecule has 2 rings (SSSR count). The van der Waals surface area contributed by atoms with Gasteiger partial charge in [-0.1, -0.05) is 15.9 Å². The maximum absolute atomic E-state index is 11.1. The molecular formula is C13H16BrNO3. The summed E-state index contributed by atoms with van der Waals surface area (Å²) in [4.78, 5) is 11.1. The third-order valence-electron chi connectivity index (χ3n) is 3.13. The highest BCUT2D eigenvalue weighted by atomic mass is 79.9. The van der Waals surface area contributed by atoms with E-state index in [9.17, 15) is 4.79 Å². The number of carboxylic acid groups (broad SMARTS) is 1. The number of carboxylic acids is 1. The van der Waals surface area contributed by atoms with E-state index in [4.69, 9.17) is 9.84 Å². The van der Waals surface area contributed by atoms with Crippen LogP contribution in [0, 0.1) is 5.92 Å². The van der Waals surface area contributed by atoms with Gasteiger partial charge in [0.25, 0.3) is 0 Å². The molecule has 1 aliphatic heterocycles. The summed E-state index contributed by atoms with van der Waals surface area (Å²) >= 11 is 3.36. The molecule has 0 amide bonds. The minimum Gasteiger partial charge on any atom is -0.478 e. The van der Waals surface area contributed by atoms with Crippen molar-refractivity contribution in [2.45, 2.75) is 12.8 Å². The molecule has 0 radical (unpaired) electrons. The Morgan fingerprint density at radius 3 is 2.83 bits per heavy atom. The largest absolute Gasteiger partial charge is 0.478 e. The molecule has 0 aromatic heterocycles. The first-order valence-electron chi connectivity index (χ1n) is 6.01. The number of nitrogens with one attached hydrogen (secondary N) is 1. The van der Waals surface area contributed by atoms with E-state index in [-0.39, 0.29) is 0 Å². The Bertz CT molecular complexity index is 430. The zero-order valence-corrected chi connectivity index (χ0v) is 11.6. The van der Waals surface area contributed by atoms with Crippen LogP contribution in [0.2, 0.25) is 0 Å². The maximum atomic E-state index is 11.1. The molecule has 0 aliphatic carbocycles. The van der Waals surface area contributed by atoms with Gasteiger partial charge in [0.2, 0.25) is 0 Å². The van der Waals surface area contributed by atoms with Crippen molar-refractivity contribution in [3.63, 3.8) is 0 Å². The Labute approximate surface area is 114 Å². The van der Waals surface area contributed by atoms with Gasteiger partial charge in [0.15, 0.2) is 0 Å². The van der Waals surface area contributed by atoms with Gasteiger partial charge in [0, 0.05) is 29.9 Å². The van der Waals surface area contributed by atoms with Crippen LogP contribution in [0.5, 0.6) is 0 Å². The summed E-state index contributed by atoms with van der Waals surface area (Å²) in [7, 11) is 0. The Kier molecular flexibility index (Phi) is 4.60. The SMILES string of the molecule is O=C(O)c1ccc(Br)cc1NCC1CCOCC1. The number of hydrogen-bond donors (Lipinski definition) is 2. The molecule has 18 heavy (non-hydrogen) atoms. The quantitative estimate of drug-likeness (QED) is 0.897. The van der Waals surface area contributed by atoms with E-state index in [0.717, 1.165) is 37.1 Å². The van der Waals surface area contributed by atoms with Crippen LogP contribution in [-0.2, 0) is 4.74 Å². The predicted molar refractivity (Wildman–Crippen MR) is 73.1 cm³/mol. The zero-order valence-electron chi connectivity index (χ0n) is 9.99. The third kappa shape index (κ3) is 3.46. The number of carbonyl (C=O) groups is 1. The summed E-state index contributed by atoms with van der Waals surface area (Å²) in [5.74, 6) is -0.351. The second kappa shape index (κ2) is 6.20. The molecule has 0 spiro atoms. The Balaban J connectivity index is 2.03. The van der Waals surface area contributed by atoms with E-state index in [1.54, 1.807) is 12.1 Å². The summed E-state index contributed by atoms with van der Waals surface area (Å²) in [6.07, 6.45) is 2.06. The van der Waals surface area contributed by atoms with Gasteiger partial charge in [-0.05, 0) is 37.0 Å². The van der Waals surface area contributed by atoms with Gasteiger partial charge in [0.05, 0.1) is 5.56 Å².